The number of carbonyl (C=O) groups excluding carboxylic acids is 2. The lowest BCUT2D eigenvalue weighted by molar-refractivity contribution is -0.384. The lowest BCUT2D eigenvalue weighted by Crippen LogP contribution is -2.65. The van der Waals surface area contributed by atoms with E-state index in [1.165, 1.54) is 50.9 Å². The van der Waals surface area contributed by atoms with Gasteiger partial charge >= 0.3 is 5.97 Å². The monoisotopic (exact) mass is 672 g/mol. The second-order valence-corrected chi connectivity index (χ2v) is 16.2. The van der Waals surface area contributed by atoms with Crippen LogP contribution < -0.4 is 15.3 Å². The van der Waals surface area contributed by atoms with E-state index in [1.54, 1.807) is 5.38 Å². The van der Waals surface area contributed by atoms with Crippen LogP contribution in [0.2, 0.25) is 0 Å². The molecule has 47 heavy (non-hydrogen) atoms. The molecule has 4 aromatic rings. The summed E-state index contributed by atoms with van der Waals surface area (Å²) < 4.78 is 12.5. The van der Waals surface area contributed by atoms with E-state index >= 15 is 0 Å². The van der Waals surface area contributed by atoms with Crippen molar-refractivity contribution in [2.24, 2.45) is 11.3 Å². The summed E-state index contributed by atoms with van der Waals surface area (Å²) in [6.07, 6.45) is -0.211. The summed E-state index contributed by atoms with van der Waals surface area (Å²) in [5, 5.41) is 15.7. The van der Waals surface area contributed by atoms with Crippen LogP contribution in [-0.4, -0.2) is 61.1 Å². The van der Waals surface area contributed by atoms with E-state index in [0.717, 1.165) is 6.54 Å². The van der Waals surface area contributed by atoms with Gasteiger partial charge in [-0.3, -0.25) is 19.7 Å². The fourth-order valence-electron chi connectivity index (χ4n) is 5.48. The highest BCUT2D eigenvalue weighted by molar-refractivity contribution is 7.14. The minimum absolute atomic E-state index is 0.00727. The lowest BCUT2D eigenvalue weighted by Gasteiger charge is -2.54. The summed E-state index contributed by atoms with van der Waals surface area (Å²) in [7, 11) is -2.06. The van der Waals surface area contributed by atoms with E-state index < -0.39 is 19.9 Å². The molecule has 1 aliphatic heterocycles. The Balaban J connectivity index is 1.30. The zero-order chi connectivity index (χ0) is 33.7. The molecule has 1 amide bonds. The van der Waals surface area contributed by atoms with Crippen LogP contribution >= 0.6 is 11.3 Å². The van der Waals surface area contributed by atoms with Gasteiger partial charge in [0.25, 0.3) is 11.6 Å². The van der Waals surface area contributed by atoms with E-state index in [2.05, 4.69) is 49.9 Å². The molecule has 0 saturated carbocycles. The minimum atomic E-state index is -2.06. The Bertz CT molecular complexity index is 1640. The van der Waals surface area contributed by atoms with Crippen molar-refractivity contribution in [2.75, 3.05) is 18.0 Å². The Morgan fingerprint density at radius 2 is 1.62 bits per heavy atom. The quantitative estimate of drug-likeness (QED) is 0.0894. The summed E-state index contributed by atoms with van der Waals surface area (Å²) in [4.78, 5) is 45.2. The number of rotatable bonds is 12. The van der Waals surface area contributed by atoms with Crippen molar-refractivity contribution in [3.8, 4) is 0 Å². The summed E-state index contributed by atoms with van der Waals surface area (Å²) in [5.74, 6) is -0.686. The molecule has 0 N–H and O–H groups in total. The molecule has 2 atom stereocenters. The molecule has 5 rings (SSSR count). The fourth-order valence-corrected chi connectivity index (χ4v) is 8.77. The predicted octanol–water partition coefficient (Wildman–Crippen LogP) is 5.01. The molecule has 12 heteroatoms. The first-order valence-electron chi connectivity index (χ1n) is 15.6. The average Bonchev–Trinajstić information content (AvgIpc) is 3.52. The molecule has 3 aromatic carbocycles. The van der Waals surface area contributed by atoms with Gasteiger partial charge in [-0.1, -0.05) is 81.4 Å². The Morgan fingerprint density at radius 1 is 1.02 bits per heavy atom. The van der Waals surface area contributed by atoms with Crippen molar-refractivity contribution >= 4 is 53.4 Å². The molecule has 10 nitrogen and oxygen atoms in total. The van der Waals surface area contributed by atoms with Crippen molar-refractivity contribution in [1.82, 2.24) is 9.88 Å². The fraction of sp³-hybridized carbons (Fsp3) is 0.343. The molecule has 1 saturated heterocycles. The maximum atomic E-state index is 13.6. The number of non-ortho nitro benzene ring substituents is 1. The van der Waals surface area contributed by atoms with Crippen LogP contribution in [0.25, 0.3) is 0 Å². The number of amides is 1. The summed E-state index contributed by atoms with van der Waals surface area (Å²) in [6.45, 7) is 10.8. The van der Waals surface area contributed by atoms with Crippen molar-refractivity contribution in [2.45, 2.75) is 53.5 Å². The maximum absolute atomic E-state index is 13.6. The number of hydrogen-bond acceptors (Lipinski definition) is 9. The number of thiazole rings is 1. The molecule has 1 fully saturated rings. The number of aromatic nitrogens is 1. The van der Waals surface area contributed by atoms with E-state index in [-0.39, 0.29) is 54.0 Å². The number of nitro groups is 1. The molecule has 2 heterocycles. The van der Waals surface area contributed by atoms with Gasteiger partial charge in [-0.2, -0.15) is 0 Å². The molecule has 1 aliphatic rings. The minimum Gasteiger partial charge on any atom is -0.459 e. The van der Waals surface area contributed by atoms with Crippen molar-refractivity contribution in [3.05, 3.63) is 112 Å². The Kier molecular flexibility index (Phi) is 10.5. The Hall–Kier alpha value is -4.39. The summed E-state index contributed by atoms with van der Waals surface area (Å²) in [5.41, 5.74) is 0.825. The highest BCUT2D eigenvalue weighted by Gasteiger charge is 2.48. The van der Waals surface area contributed by atoms with E-state index in [9.17, 15) is 19.7 Å². The first-order valence-corrected chi connectivity index (χ1v) is 18.1. The summed E-state index contributed by atoms with van der Waals surface area (Å²) in [6, 6.07) is 26.3. The third kappa shape index (κ3) is 8.13. The highest BCUT2D eigenvalue weighted by atomic mass is 32.1. The molecule has 0 spiro atoms. The number of esters is 1. The van der Waals surface area contributed by atoms with Crippen LogP contribution in [-0.2, 0) is 20.6 Å². The zero-order valence-corrected chi connectivity index (χ0v) is 29.2. The van der Waals surface area contributed by atoms with Gasteiger partial charge in [0.1, 0.15) is 25.1 Å². The number of benzene rings is 3. The van der Waals surface area contributed by atoms with Crippen molar-refractivity contribution in [1.29, 1.82) is 0 Å². The van der Waals surface area contributed by atoms with Crippen LogP contribution in [0.5, 0.6) is 0 Å². The first kappa shape index (κ1) is 34.0. The van der Waals surface area contributed by atoms with Crippen LogP contribution in [0.4, 0.5) is 10.8 Å². The van der Waals surface area contributed by atoms with Crippen LogP contribution in [0.15, 0.2) is 90.3 Å². The van der Waals surface area contributed by atoms with Crippen molar-refractivity contribution < 1.29 is 23.7 Å². The van der Waals surface area contributed by atoms with E-state index in [4.69, 9.17) is 14.1 Å². The third-order valence-electron chi connectivity index (χ3n) is 8.32. The van der Waals surface area contributed by atoms with Crippen molar-refractivity contribution in [3.63, 3.8) is 0 Å². The van der Waals surface area contributed by atoms with E-state index in [0.29, 0.717) is 10.7 Å². The second kappa shape index (κ2) is 14.6. The Morgan fingerprint density at radius 3 is 2.15 bits per heavy atom. The molecule has 0 radical (unpaired) electrons. The molecule has 246 valence electrons. The number of nitrogens with zero attached hydrogens (tertiary/aromatic N) is 4. The standard InChI is InChI=1S/C35H40N4O6SSi/c1-24(2)37(21-31(40)44-22-25-16-18-26(19-17-25)39(42)43)32(41)30-23-46-34(36-30)38-20-29(35(3,4)5)33(38)45-47(27-12-8-6-9-13-27)28-14-10-7-11-15-28/h6-19,23-24,29,33,47H,20-22H2,1-5H3. The third-order valence-corrected chi connectivity index (χ3v) is 11.7. The number of anilines is 1. The van der Waals surface area contributed by atoms with Gasteiger partial charge in [0.15, 0.2) is 5.13 Å². The van der Waals surface area contributed by atoms with Gasteiger partial charge in [0.2, 0.25) is 9.04 Å². The van der Waals surface area contributed by atoms with Gasteiger partial charge in [0.05, 0.1) is 4.92 Å². The van der Waals surface area contributed by atoms with Gasteiger partial charge in [0, 0.05) is 36.0 Å². The molecule has 1 aromatic heterocycles. The number of hydrogen-bond donors (Lipinski definition) is 0. The smallest absolute Gasteiger partial charge is 0.325 e. The largest absolute Gasteiger partial charge is 0.459 e. The second-order valence-electron chi connectivity index (χ2n) is 13.0. The van der Waals surface area contributed by atoms with Crippen LogP contribution in [0.3, 0.4) is 0 Å². The maximum Gasteiger partial charge on any atom is 0.325 e. The molecule has 0 bridgehead atoms. The van der Waals surface area contributed by atoms with Crippen LogP contribution in [0, 0.1) is 21.4 Å². The number of carbonyl (C=O) groups is 2. The molecular weight excluding hydrogens is 633 g/mol. The average molecular weight is 673 g/mol. The molecule has 2 unspecified atom stereocenters. The SMILES string of the molecule is CC(C)N(CC(=O)OCc1ccc([N+](=O)[O-])cc1)C(=O)c1csc(N2CC(C(C)(C)C)C2O[SiH](c2ccccc2)c2ccccc2)n1. The Labute approximate surface area is 280 Å². The number of nitro benzene ring substituents is 1. The highest BCUT2D eigenvalue weighted by Crippen LogP contribution is 2.43. The topological polar surface area (TPSA) is 115 Å². The predicted molar refractivity (Wildman–Crippen MR) is 186 cm³/mol. The van der Waals surface area contributed by atoms with Gasteiger partial charge in [-0.15, -0.1) is 11.3 Å². The number of ether oxygens (including phenoxy) is 1. The van der Waals surface area contributed by atoms with Gasteiger partial charge in [-0.05, 0) is 47.3 Å². The van der Waals surface area contributed by atoms with Gasteiger partial charge < -0.3 is 19.0 Å². The molecular formula is C35H40N4O6SSi. The van der Waals surface area contributed by atoms with Gasteiger partial charge in [-0.25, -0.2) is 4.98 Å². The zero-order valence-electron chi connectivity index (χ0n) is 27.2. The lowest BCUT2D eigenvalue weighted by atomic mass is 9.74. The van der Waals surface area contributed by atoms with E-state index in [1.807, 2.05) is 50.2 Å². The summed E-state index contributed by atoms with van der Waals surface area (Å²) >= 11 is 1.39. The van der Waals surface area contributed by atoms with Crippen LogP contribution in [0.1, 0.15) is 50.7 Å². The first-order chi connectivity index (χ1) is 22.4. The molecule has 0 aliphatic carbocycles. The normalized spacial score (nSPS) is 16.2.